The fourth-order valence-corrected chi connectivity index (χ4v) is 4.11. The second kappa shape index (κ2) is 7.34. The summed E-state index contributed by atoms with van der Waals surface area (Å²) in [4.78, 5) is 16.8. The zero-order valence-electron chi connectivity index (χ0n) is 13.2. The molecular formula is C18H8Cl4N2O2S. The number of thiazole rings is 1. The quantitative estimate of drug-likeness (QED) is 0.348. The van der Waals surface area contributed by atoms with Crippen molar-refractivity contribution in [3.05, 3.63) is 68.3 Å². The summed E-state index contributed by atoms with van der Waals surface area (Å²) in [5, 5.41) is 4.83. The van der Waals surface area contributed by atoms with Crippen molar-refractivity contribution in [2.75, 3.05) is 5.32 Å². The van der Waals surface area contributed by atoms with Gasteiger partial charge in [-0.1, -0.05) is 57.7 Å². The lowest BCUT2D eigenvalue weighted by atomic mass is 10.2. The highest BCUT2D eigenvalue weighted by molar-refractivity contribution is 7.22. The fourth-order valence-electron chi connectivity index (χ4n) is 2.44. The van der Waals surface area contributed by atoms with Crippen molar-refractivity contribution >= 4 is 79.0 Å². The molecule has 4 aromatic rings. The Kier molecular flexibility index (Phi) is 5.05. The molecular weight excluding hydrogens is 450 g/mol. The van der Waals surface area contributed by atoms with Gasteiger partial charge in [-0.3, -0.25) is 10.1 Å². The average Bonchev–Trinajstić information content (AvgIpc) is 3.28. The minimum atomic E-state index is -0.444. The Labute approximate surface area is 177 Å². The number of carbonyl (C=O) groups is 1. The first kappa shape index (κ1) is 18.6. The summed E-state index contributed by atoms with van der Waals surface area (Å²) in [6, 6.07) is 11.7. The number of hydrogen-bond donors (Lipinski definition) is 1. The topological polar surface area (TPSA) is 55.1 Å². The minimum Gasteiger partial charge on any atom is -0.451 e. The van der Waals surface area contributed by atoms with Crippen LogP contribution in [0.5, 0.6) is 0 Å². The van der Waals surface area contributed by atoms with Crippen molar-refractivity contribution in [2.45, 2.75) is 0 Å². The third-order valence-electron chi connectivity index (χ3n) is 3.70. The lowest BCUT2D eigenvalue weighted by molar-refractivity contribution is 0.0997. The molecule has 0 saturated carbocycles. The van der Waals surface area contributed by atoms with Crippen LogP contribution >= 0.6 is 57.7 Å². The highest BCUT2D eigenvalue weighted by Gasteiger charge is 2.17. The van der Waals surface area contributed by atoms with Gasteiger partial charge < -0.3 is 4.42 Å². The van der Waals surface area contributed by atoms with Crippen LogP contribution in [0.25, 0.3) is 21.5 Å². The van der Waals surface area contributed by atoms with E-state index in [1.54, 1.807) is 42.5 Å². The minimum absolute atomic E-state index is 0.115. The summed E-state index contributed by atoms with van der Waals surface area (Å²) in [6.45, 7) is 0. The number of furan rings is 1. The van der Waals surface area contributed by atoms with Gasteiger partial charge in [0.1, 0.15) is 11.3 Å². The van der Waals surface area contributed by atoms with Gasteiger partial charge in [0.2, 0.25) is 0 Å². The lowest BCUT2D eigenvalue weighted by Gasteiger charge is -2.02. The molecule has 9 heteroatoms. The molecule has 0 fully saturated rings. The first-order valence-electron chi connectivity index (χ1n) is 7.53. The molecule has 0 saturated heterocycles. The number of amides is 1. The molecule has 1 N–H and O–H groups in total. The maximum atomic E-state index is 12.5. The van der Waals surface area contributed by atoms with Crippen molar-refractivity contribution in [1.82, 2.24) is 4.98 Å². The molecule has 136 valence electrons. The van der Waals surface area contributed by atoms with Gasteiger partial charge in [-0.25, -0.2) is 4.98 Å². The van der Waals surface area contributed by atoms with E-state index in [1.807, 2.05) is 0 Å². The maximum Gasteiger partial charge on any atom is 0.293 e. The number of fused-ring (bicyclic) bond motifs is 1. The third-order valence-corrected chi connectivity index (χ3v) is 5.99. The molecule has 1 amide bonds. The molecule has 2 aromatic carbocycles. The van der Waals surface area contributed by atoms with Gasteiger partial charge in [0.05, 0.1) is 19.8 Å². The summed E-state index contributed by atoms with van der Waals surface area (Å²) in [7, 11) is 0. The van der Waals surface area contributed by atoms with Crippen LogP contribution in [0.4, 0.5) is 5.13 Å². The molecule has 27 heavy (non-hydrogen) atoms. The van der Waals surface area contributed by atoms with Gasteiger partial charge in [0.15, 0.2) is 10.9 Å². The number of carbonyl (C=O) groups excluding carboxylic acids is 1. The number of benzene rings is 2. The molecule has 0 unspecified atom stereocenters. The van der Waals surface area contributed by atoms with Crippen molar-refractivity contribution in [1.29, 1.82) is 0 Å². The summed E-state index contributed by atoms with van der Waals surface area (Å²) >= 11 is 25.6. The van der Waals surface area contributed by atoms with Gasteiger partial charge in [0.25, 0.3) is 5.91 Å². The summed E-state index contributed by atoms with van der Waals surface area (Å²) in [5.41, 5.74) is 1.14. The van der Waals surface area contributed by atoms with E-state index in [2.05, 4.69) is 10.3 Å². The Bertz CT molecular complexity index is 1190. The Morgan fingerprint density at radius 1 is 1.00 bits per heavy atom. The summed E-state index contributed by atoms with van der Waals surface area (Å²) in [6.07, 6.45) is 0. The molecule has 0 aliphatic rings. The standard InChI is InChI=1S/C18H8Cl4N2O2S/c19-8-1-2-10(20)9(7-8)12-4-5-13(26-12)17(25)24-18-23-16-14(27-18)6-3-11(21)15(16)22/h1-7H,(H,23,24,25). The van der Waals surface area contributed by atoms with Crippen LogP contribution in [0.2, 0.25) is 20.1 Å². The van der Waals surface area contributed by atoms with Crippen LogP contribution in [-0.2, 0) is 0 Å². The molecule has 2 heterocycles. The van der Waals surface area contributed by atoms with Crippen LogP contribution < -0.4 is 5.32 Å². The number of anilines is 1. The Morgan fingerprint density at radius 2 is 1.78 bits per heavy atom. The normalized spacial score (nSPS) is 11.1. The average molecular weight is 458 g/mol. The number of rotatable bonds is 3. The predicted octanol–water partition coefficient (Wildman–Crippen LogP) is 7.42. The van der Waals surface area contributed by atoms with Crippen molar-refractivity contribution < 1.29 is 9.21 Å². The van der Waals surface area contributed by atoms with E-state index in [9.17, 15) is 4.79 Å². The largest absolute Gasteiger partial charge is 0.451 e. The van der Waals surface area contributed by atoms with E-state index >= 15 is 0 Å². The molecule has 0 bridgehead atoms. The van der Waals surface area contributed by atoms with Gasteiger partial charge in [-0.2, -0.15) is 0 Å². The molecule has 4 rings (SSSR count). The first-order chi connectivity index (χ1) is 12.9. The number of hydrogen-bond acceptors (Lipinski definition) is 4. The maximum absolute atomic E-state index is 12.5. The zero-order valence-corrected chi connectivity index (χ0v) is 17.1. The van der Waals surface area contributed by atoms with Gasteiger partial charge in [-0.05, 0) is 42.5 Å². The zero-order chi connectivity index (χ0) is 19.1. The van der Waals surface area contributed by atoms with Crippen molar-refractivity contribution in [3.63, 3.8) is 0 Å². The predicted molar refractivity (Wildman–Crippen MR) is 112 cm³/mol. The van der Waals surface area contributed by atoms with Crippen LogP contribution in [0.15, 0.2) is 46.9 Å². The Hall–Kier alpha value is -1.76. The SMILES string of the molecule is O=C(Nc1nc2c(Cl)c(Cl)ccc2s1)c1ccc(-c2cc(Cl)ccc2Cl)o1. The van der Waals surface area contributed by atoms with E-state index in [1.165, 1.54) is 11.3 Å². The number of nitrogens with zero attached hydrogens (tertiary/aromatic N) is 1. The second-order valence-corrected chi connectivity index (χ2v) is 8.13. The Morgan fingerprint density at radius 3 is 2.59 bits per heavy atom. The monoisotopic (exact) mass is 456 g/mol. The van der Waals surface area contributed by atoms with E-state index in [0.29, 0.717) is 42.1 Å². The smallest absolute Gasteiger partial charge is 0.293 e. The highest BCUT2D eigenvalue weighted by Crippen LogP contribution is 2.36. The first-order valence-corrected chi connectivity index (χ1v) is 9.86. The van der Waals surface area contributed by atoms with Crippen molar-refractivity contribution in [2.24, 2.45) is 0 Å². The molecule has 0 radical (unpaired) electrons. The fraction of sp³-hybridized carbons (Fsp3) is 0. The number of halogens is 4. The molecule has 2 aromatic heterocycles. The van der Waals surface area contributed by atoms with Gasteiger partial charge in [-0.15, -0.1) is 0 Å². The van der Waals surface area contributed by atoms with Crippen molar-refractivity contribution in [3.8, 4) is 11.3 Å². The van der Waals surface area contributed by atoms with Crippen LogP contribution in [0, 0.1) is 0 Å². The third kappa shape index (κ3) is 3.66. The number of nitrogens with one attached hydrogen (secondary N) is 1. The van der Waals surface area contributed by atoms with E-state index in [4.69, 9.17) is 50.8 Å². The van der Waals surface area contributed by atoms with Gasteiger partial charge in [0, 0.05) is 10.6 Å². The van der Waals surface area contributed by atoms with E-state index in [-0.39, 0.29) is 5.76 Å². The Balaban J connectivity index is 1.60. The van der Waals surface area contributed by atoms with E-state index in [0.717, 1.165) is 4.70 Å². The van der Waals surface area contributed by atoms with Crippen LogP contribution in [0.1, 0.15) is 10.6 Å². The van der Waals surface area contributed by atoms with Gasteiger partial charge >= 0.3 is 0 Å². The number of aromatic nitrogens is 1. The van der Waals surface area contributed by atoms with Crippen LogP contribution in [0.3, 0.4) is 0 Å². The molecule has 0 aliphatic carbocycles. The second-order valence-electron chi connectivity index (χ2n) is 5.47. The molecule has 4 nitrogen and oxygen atoms in total. The molecule has 0 spiro atoms. The summed E-state index contributed by atoms with van der Waals surface area (Å²) < 4.78 is 6.44. The van der Waals surface area contributed by atoms with Crippen LogP contribution in [-0.4, -0.2) is 10.9 Å². The molecule has 0 aliphatic heterocycles. The van der Waals surface area contributed by atoms with E-state index < -0.39 is 5.91 Å². The lowest BCUT2D eigenvalue weighted by Crippen LogP contribution is -2.10. The molecule has 0 atom stereocenters. The summed E-state index contributed by atoms with van der Waals surface area (Å²) in [5.74, 6) is 0.108. The highest BCUT2D eigenvalue weighted by atomic mass is 35.5.